The van der Waals surface area contributed by atoms with Crippen LogP contribution in [0.1, 0.15) is 48.5 Å². The van der Waals surface area contributed by atoms with Crippen molar-refractivity contribution < 1.29 is 28.2 Å². The van der Waals surface area contributed by atoms with E-state index in [9.17, 15) is 23.1 Å². The number of fused-ring (bicyclic) bond motifs is 1. The maximum absolute atomic E-state index is 12.9. The standard InChI is InChI=1S/C26H32N4O6S/c1-17(13-19-15-28-22-14-18(26(33)34)8-9-20(19)22)7-10-24(32)29-21-5-4-12-30(16-23(21)31)37(35,36)25-6-2-3-11-27-25/h2-3,6,8-9,11,14-15,17,21,23,28,31H,4-5,7,10,12-13,16H2,1H3,(H,29,32)(H,33,34)/t17-,21?,23?/m0/s1. The van der Waals surface area contributed by atoms with Crippen LogP contribution >= 0.6 is 0 Å². The van der Waals surface area contributed by atoms with Gasteiger partial charge < -0.3 is 20.5 Å². The third kappa shape index (κ3) is 6.35. The molecule has 1 fully saturated rings. The van der Waals surface area contributed by atoms with Crippen molar-refractivity contribution >= 4 is 32.8 Å². The van der Waals surface area contributed by atoms with Gasteiger partial charge in [0.15, 0.2) is 5.03 Å². The van der Waals surface area contributed by atoms with E-state index in [-0.39, 0.29) is 41.9 Å². The third-order valence-corrected chi connectivity index (χ3v) is 8.59. The fourth-order valence-electron chi connectivity index (χ4n) is 4.75. The highest BCUT2D eigenvalue weighted by Crippen LogP contribution is 2.24. The molecule has 198 valence electrons. The second-order valence-corrected chi connectivity index (χ2v) is 11.5. The zero-order valence-electron chi connectivity index (χ0n) is 20.6. The van der Waals surface area contributed by atoms with Crippen LogP contribution in [-0.4, -0.2) is 70.0 Å². The number of nitrogens with one attached hydrogen (secondary N) is 2. The van der Waals surface area contributed by atoms with Gasteiger partial charge in [0, 0.05) is 42.8 Å². The van der Waals surface area contributed by atoms with Crippen molar-refractivity contribution in [3.05, 3.63) is 59.9 Å². The van der Waals surface area contributed by atoms with Crippen molar-refractivity contribution in [1.82, 2.24) is 19.6 Å². The highest BCUT2D eigenvalue weighted by molar-refractivity contribution is 7.89. The fraction of sp³-hybridized carbons (Fsp3) is 0.423. The summed E-state index contributed by atoms with van der Waals surface area (Å²) in [6.07, 6.45) is 4.90. The van der Waals surface area contributed by atoms with Crippen molar-refractivity contribution in [3.63, 3.8) is 0 Å². The number of β-amino-alcohol motifs (C(OH)–C–C–N with tert-alkyl or cyclic N) is 1. The normalized spacial score (nSPS) is 19.8. The molecule has 37 heavy (non-hydrogen) atoms. The van der Waals surface area contributed by atoms with Gasteiger partial charge in [0.2, 0.25) is 5.91 Å². The number of nitrogens with zero attached hydrogens (tertiary/aromatic N) is 2. The summed E-state index contributed by atoms with van der Waals surface area (Å²) in [6, 6.07) is 9.14. The van der Waals surface area contributed by atoms with Crippen molar-refractivity contribution in [1.29, 1.82) is 0 Å². The maximum atomic E-state index is 12.9. The average Bonchev–Trinajstić information content (AvgIpc) is 3.18. The molecule has 1 aliphatic heterocycles. The molecule has 4 rings (SSSR count). The number of carbonyl (C=O) groups is 2. The Hall–Kier alpha value is -3.28. The minimum absolute atomic E-state index is 0.0591. The SMILES string of the molecule is C[C@@H](CCC(=O)NC1CCCN(S(=O)(=O)c2ccccn2)CC1O)Cc1c[nH]c2cc(C(=O)O)ccc12. The lowest BCUT2D eigenvalue weighted by molar-refractivity contribution is -0.123. The van der Waals surface area contributed by atoms with Gasteiger partial charge >= 0.3 is 5.97 Å². The number of aromatic amines is 1. The number of hydrogen-bond acceptors (Lipinski definition) is 6. The van der Waals surface area contributed by atoms with Crippen LogP contribution < -0.4 is 5.32 Å². The fourth-order valence-corrected chi connectivity index (χ4v) is 6.18. The quantitative estimate of drug-likeness (QED) is 0.333. The summed E-state index contributed by atoms with van der Waals surface area (Å²) >= 11 is 0. The van der Waals surface area contributed by atoms with E-state index in [4.69, 9.17) is 5.11 Å². The summed E-state index contributed by atoms with van der Waals surface area (Å²) in [5, 5.41) is 23.7. The zero-order valence-corrected chi connectivity index (χ0v) is 21.4. The maximum Gasteiger partial charge on any atom is 0.335 e. The molecule has 10 nitrogen and oxygen atoms in total. The van der Waals surface area contributed by atoms with E-state index >= 15 is 0 Å². The first kappa shape index (κ1) is 26.8. The summed E-state index contributed by atoms with van der Waals surface area (Å²) in [4.78, 5) is 30.9. The summed E-state index contributed by atoms with van der Waals surface area (Å²) in [6.45, 7) is 2.20. The first-order chi connectivity index (χ1) is 17.6. The van der Waals surface area contributed by atoms with Crippen molar-refractivity contribution in [2.75, 3.05) is 13.1 Å². The van der Waals surface area contributed by atoms with Crippen LogP contribution in [0.25, 0.3) is 10.9 Å². The van der Waals surface area contributed by atoms with E-state index in [0.717, 1.165) is 22.9 Å². The van der Waals surface area contributed by atoms with Crippen molar-refractivity contribution in [2.24, 2.45) is 5.92 Å². The second-order valence-electron chi connectivity index (χ2n) is 9.64. The van der Waals surface area contributed by atoms with Crippen LogP contribution in [0.3, 0.4) is 0 Å². The largest absolute Gasteiger partial charge is 0.478 e. The van der Waals surface area contributed by atoms with E-state index < -0.39 is 28.1 Å². The molecule has 2 aromatic heterocycles. The number of aromatic nitrogens is 2. The number of carboxylic acids is 1. The number of aromatic carboxylic acids is 1. The molecule has 1 aliphatic rings. The molecular formula is C26H32N4O6S. The van der Waals surface area contributed by atoms with E-state index in [0.29, 0.717) is 19.3 Å². The number of aliphatic hydroxyl groups excluding tert-OH is 1. The van der Waals surface area contributed by atoms with E-state index in [2.05, 4.69) is 22.2 Å². The Bertz CT molecular complexity index is 1360. The average molecular weight is 529 g/mol. The highest BCUT2D eigenvalue weighted by atomic mass is 32.2. The van der Waals surface area contributed by atoms with Crippen LogP contribution in [-0.2, 0) is 21.2 Å². The van der Waals surface area contributed by atoms with Crippen LogP contribution in [0.2, 0.25) is 0 Å². The number of hydrogen-bond donors (Lipinski definition) is 4. The van der Waals surface area contributed by atoms with Gasteiger partial charge in [-0.15, -0.1) is 0 Å². The molecule has 1 amide bonds. The molecule has 3 aromatic rings. The van der Waals surface area contributed by atoms with Gasteiger partial charge in [-0.3, -0.25) is 4.79 Å². The zero-order chi connectivity index (χ0) is 26.6. The number of aliphatic hydroxyl groups is 1. The van der Waals surface area contributed by atoms with Crippen molar-refractivity contribution in [3.8, 4) is 0 Å². The van der Waals surface area contributed by atoms with Crippen LogP contribution in [0.4, 0.5) is 0 Å². The molecule has 0 aliphatic carbocycles. The Morgan fingerprint density at radius 1 is 1.27 bits per heavy atom. The highest BCUT2D eigenvalue weighted by Gasteiger charge is 2.33. The summed E-state index contributed by atoms with van der Waals surface area (Å²) < 4.78 is 27.0. The predicted molar refractivity (Wildman–Crippen MR) is 138 cm³/mol. The Morgan fingerprint density at radius 3 is 2.81 bits per heavy atom. The topological polar surface area (TPSA) is 153 Å². The molecule has 0 radical (unpaired) electrons. The Kier molecular flexibility index (Phi) is 8.25. The monoisotopic (exact) mass is 528 g/mol. The second kappa shape index (κ2) is 11.4. The number of sulfonamides is 1. The molecule has 1 aromatic carbocycles. The molecule has 0 saturated carbocycles. The molecule has 1 saturated heterocycles. The summed E-state index contributed by atoms with van der Waals surface area (Å²) in [5.41, 5.74) is 2.05. The number of carbonyl (C=O) groups excluding carboxylic acids is 1. The smallest absolute Gasteiger partial charge is 0.335 e. The predicted octanol–water partition coefficient (Wildman–Crippen LogP) is 2.55. The lowest BCUT2D eigenvalue weighted by atomic mass is 9.95. The molecule has 2 unspecified atom stereocenters. The Balaban J connectivity index is 1.29. The molecule has 0 bridgehead atoms. The number of benzene rings is 1. The van der Waals surface area contributed by atoms with E-state index in [1.807, 2.05) is 6.20 Å². The number of rotatable bonds is 9. The van der Waals surface area contributed by atoms with E-state index in [1.54, 1.807) is 30.3 Å². The van der Waals surface area contributed by atoms with Gasteiger partial charge in [-0.1, -0.05) is 19.1 Å². The first-order valence-electron chi connectivity index (χ1n) is 12.4. The van der Waals surface area contributed by atoms with Crippen LogP contribution in [0.5, 0.6) is 0 Å². The molecular weight excluding hydrogens is 496 g/mol. The molecule has 3 heterocycles. The minimum atomic E-state index is -3.82. The Labute approximate surface area is 215 Å². The third-order valence-electron chi connectivity index (χ3n) is 6.81. The lowest BCUT2D eigenvalue weighted by Crippen LogP contribution is -2.47. The summed E-state index contributed by atoms with van der Waals surface area (Å²) in [7, 11) is -3.82. The van der Waals surface area contributed by atoms with Gasteiger partial charge in [-0.05, 0) is 61.4 Å². The van der Waals surface area contributed by atoms with Crippen LogP contribution in [0.15, 0.2) is 53.8 Å². The van der Waals surface area contributed by atoms with Gasteiger partial charge in [-0.2, -0.15) is 4.31 Å². The lowest BCUT2D eigenvalue weighted by Gasteiger charge is -2.25. The molecule has 4 N–H and O–H groups in total. The molecule has 3 atom stereocenters. The number of carboxylic acid groups (broad SMARTS) is 1. The summed E-state index contributed by atoms with van der Waals surface area (Å²) in [5.74, 6) is -0.956. The Morgan fingerprint density at radius 2 is 2.08 bits per heavy atom. The first-order valence-corrected chi connectivity index (χ1v) is 13.8. The number of pyridine rings is 1. The van der Waals surface area contributed by atoms with Gasteiger partial charge in [0.1, 0.15) is 0 Å². The molecule has 11 heteroatoms. The number of amides is 1. The van der Waals surface area contributed by atoms with Gasteiger partial charge in [0.25, 0.3) is 10.0 Å². The number of H-pyrrole nitrogens is 1. The van der Waals surface area contributed by atoms with E-state index in [1.165, 1.54) is 16.6 Å². The van der Waals surface area contributed by atoms with Crippen LogP contribution in [0, 0.1) is 5.92 Å². The minimum Gasteiger partial charge on any atom is -0.478 e. The van der Waals surface area contributed by atoms with Crippen molar-refractivity contribution in [2.45, 2.75) is 56.2 Å². The molecule has 0 spiro atoms. The van der Waals surface area contributed by atoms with Gasteiger partial charge in [-0.25, -0.2) is 18.2 Å². The van der Waals surface area contributed by atoms with Gasteiger partial charge in [0.05, 0.1) is 17.7 Å².